The maximum absolute atomic E-state index is 14.6. The van der Waals surface area contributed by atoms with Crippen molar-refractivity contribution >= 4 is 43.0 Å². The van der Waals surface area contributed by atoms with Crippen LogP contribution < -0.4 is 27.0 Å². The Morgan fingerprint density at radius 1 is 0.887 bits per heavy atom. The summed E-state index contributed by atoms with van der Waals surface area (Å²) < 4.78 is 42.4. The van der Waals surface area contributed by atoms with Gasteiger partial charge < -0.3 is 51.4 Å². The van der Waals surface area contributed by atoms with E-state index in [9.17, 15) is 57.0 Å². The quantitative estimate of drug-likeness (QED) is 0.0499. The van der Waals surface area contributed by atoms with Crippen molar-refractivity contribution in [3.05, 3.63) is 54.1 Å². The molecule has 9 N–H and O–H groups in total. The summed E-state index contributed by atoms with van der Waals surface area (Å²) in [5, 5.41) is 19.6. The number of aliphatic hydroxyl groups is 1. The Morgan fingerprint density at radius 3 is 2.08 bits per heavy atom. The Morgan fingerprint density at radius 2 is 1.48 bits per heavy atom. The van der Waals surface area contributed by atoms with Gasteiger partial charge in [0.05, 0.1) is 18.9 Å². The second-order valence-corrected chi connectivity index (χ2v) is 18.0. The van der Waals surface area contributed by atoms with Gasteiger partial charge in [-0.1, -0.05) is 76.8 Å². The highest BCUT2D eigenvalue weighted by molar-refractivity contribution is 7.53. The molecule has 0 unspecified atom stereocenters. The largest absolute Gasteiger partial charge is 0.394 e. The molecule has 1 aliphatic rings. The van der Waals surface area contributed by atoms with Crippen LogP contribution in [0.1, 0.15) is 96.7 Å². The number of alkyl halides is 2. The SMILES string of the molecule is CC(=O)N1CCC[C@H]1C(=O)N[C@@H](CC(C)C)C(=O)N[C@@H](Cc1cncn1CCCCCCCCc1ccccc1)C(=O)N[C@@H](CO)C(=O)N[C@H](C(N)=O)[C@@H](C)C(F)(F)P(=O)(O)O. The van der Waals surface area contributed by atoms with Crippen LogP contribution in [0.25, 0.3) is 0 Å². The third-order valence-electron chi connectivity index (χ3n) is 11.0. The summed E-state index contributed by atoms with van der Waals surface area (Å²) in [5.41, 5.74) is 2.23. The number of rotatable bonds is 26. The predicted molar refractivity (Wildman–Crippen MR) is 224 cm³/mol. The smallest absolute Gasteiger partial charge is 0.394 e. The fourth-order valence-electron chi connectivity index (χ4n) is 7.39. The highest BCUT2D eigenvalue weighted by Gasteiger charge is 2.57. The molecular formula is C41H63F2N8O10P. The van der Waals surface area contributed by atoms with E-state index in [1.807, 2.05) is 41.9 Å². The van der Waals surface area contributed by atoms with E-state index in [4.69, 9.17) is 5.73 Å². The summed E-state index contributed by atoms with van der Waals surface area (Å²) in [5.74, 6) is -8.28. The van der Waals surface area contributed by atoms with Gasteiger partial charge in [0.2, 0.25) is 35.4 Å². The van der Waals surface area contributed by atoms with Gasteiger partial charge in [-0.2, -0.15) is 8.78 Å². The van der Waals surface area contributed by atoms with Gasteiger partial charge in [-0.3, -0.25) is 33.3 Å². The highest BCUT2D eigenvalue weighted by Crippen LogP contribution is 2.57. The minimum Gasteiger partial charge on any atom is -0.394 e. The predicted octanol–water partition coefficient (Wildman–Crippen LogP) is 1.89. The van der Waals surface area contributed by atoms with Gasteiger partial charge in [0, 0.05) is 38.3 Å². The number of amides is 6. The second-order valence-electron chi connectivity index (χ2n) is 16.3. The number of hydrogen-bond donors (Lipinski definition) is 8. The molecule has 0 radical (unpaired) electrons. The molecule has 346 valence electrons. The number of hydrogen-bond acceptors (Lipinski definition) is 9. The number of likely N-dealkylation sites (tertiary alicyclic amines) is 1. The average molecular weight is 897 g/mol. The van der Waals surface area contributed by atoms with Crippen molar-refractivity contribution < 1.29 is 57.0 Å². The highest BCUT2D eigenvalue weighted by atomic mass is 31.2. The molecule has 18 nitrogen and oxygen atoms in total. The first-order valence-corrected chi connectivity index (χ1v) is 22.6. The number of carbonyl (C=O) groups is 6. The van der Waals surface area contributed by atoms with Crippen molar-refractivity contribution in [3.63, 3.8) is 0 Å². The maximum Gasteiger partial charge on any atom is 0.394 e. The lowest BCUT2D eigenvalue weighted by atomic mass is 10.0. The van der Waals surface area contributed by atoms with E-state index < -0.39 is 85.5 Å². The number of imidazole rings is 1. The molecule has 0 aliphatic carbocycles. The summed E-state index contributed by atoms with van der Waals surface area (Å²) in [6.07, 6.45) is 10.9. The minimum absolute atomic E-state index is 0.128. The summed E-state index contributed by atoms with van der Waals surface area (Å²) in [6.45, 7) is 5.32. The van der Waals surface area contributed by atoms with Crippen LogP contribution in [-0.4, -0.2) is 114 Å². The van der Waals surface area contributed by atoms with E-state index in [0.717, 1.165) is 44.9 Å². The van der Waals surface area contributed by atoms with Crippen LogP contribution in [0.2, 0.25) is 0 Å². The summed E-state index contributed by atoms with van der Waals surface area (Å²) in [7, 11) is -6.14. The molecule has 1 aliphatic heterocycles. The Hall–Kier alpha value is -4.78. The minimum atomic E-state index is -6.14. The lowest BCUT2D eigenvalue weighted by Crippen LogP contribution is -2.61. The van der Waals surface area contributed by atoms with Crippen LogP contribution in [0.3, 0.4) is 0 Å². The number of aryl methyl sites for hydroxylation is 2. The molecule has 6 amide bonds. The lowest BCUT2D eigenvalue weighted by Gasteiger charge is -2.31. The van der Waals surface area contributed by atoms with Crippen LogP contribution in [0, 0.1) is 11.8 Å². The number of benzene rings is 1. The molecule has 62 heavy (non-hydrogen) atoms. The first-order chi connectivity index (χ1) is 29.2. The van der Waals surface area contributed by atoms with Crippen LogP contribution in [0.15, 0.2) is 42.9 Å². The van der Waals surface area contributed by atoms with Gasteiger partial charge >= 0.3 is 13.3 Å². The molecule has 0 saturated carbocycles. The Bertz CT molecular complexity index is 1860. The van der Waals surface area contributed by atoms with Gasteiger partial charge in [0.1, 0.15) is 30.2 Å². The third kappa shape index (κ3) is 15.2. The number of halogens is 2. The summed E-state index contributed by atoms with van der Waals surface area (Å²) >= 11 is 0. The standard InChI is InChI=1S/C41H63F2N8O10P/c1-26(2)21-31(47-40(58)34-18-14-20-51(34)28(4)53)37(55)46-32(22-30-23-45-25-50(30)19-13-8-6-5-7-10-15-29-16-11-9-12-17-29)38(56)48-33(24-52)39(57)49-35(36(44)54)27(3)41(42,43)62(59,60)61/h9,11-12,16-17,23,25-27,31-35,52H,5-8,10,13-15,18-22,24H2,1-4H3,(H2,44,54)(H,46,55)(H,47,58)(H,48,56)(H,49,57)(H2,59,60,61)/t27-,31+,32+,33+,34+,35+/m1/s1. The van der Waals surface area contributed by atoms with E-state index in [-0.39, 0.29) is 24.7 Å². The molecule has 1 aromatic heterocycles. The van der Waals surface area contributed by atoms with E-state index in [0.29, 0.717) is 38.5 Å². The van der Waals surface area contributed by atoms with Gasteiger partial charge in [-0.05, 0) is 50.0 Å². The van der Waals surface area contributed by atoms with Gasteiger partial charge in [0.25, 0.3) is 0 Å². The first kappa shape index (κ1) is 51.6. The van der Waals surface area contributed by atoms with Crippen LogP contribution in [0.4, 0.5) is 8.78 Å². The van der Waals surface area contributed by atoms with Gasteiger partial charge in [0.15, 0.2) is 0 Å². The second kappa shape index (κ2) is 24.2. The fraction of sp³-hybridized carbons (Fsp3) is 0.634. The number of aromatic nitrogens is 2. The molecule has 0 bridgehead atoms. The zero-order chi connectivity index (χ0) is 46.2. The van der Waals surface area contributed by atoms with Gasteiger partial charge in [-0.25, -0.2) is 4.98 Å². The number of nitrogens with zero attached hydrogens (tertiary/aromatic N) is 3. The van der Waals surface area contributed by atoms with Gasteiger partial charge in [-0.15, -0.1) is 0 Å². The van der Waals surface area contributed by atoms with Crippen LogP contribution >= 0.6 is 7.60 Å². The monoisotopic (exact) mass is 896 g/mol. The number of aliphatic hydroxyl groups excluding tert-OH is 1. The van der Waals surface area contributed by atoms with Crippen LogP contribution in [-0.2, 0) is 52.7 Å². The van der Waals surface area contributed by atoms with Crippen LogP contribution in [0.5, 0.6) is 0 Å². The molecule has 21 heteroatoms. The van der Waals surface area contributed by atoms with E-state index in [1.54, 1.807) is 6.33 Å². The molecule has 1 aromatic carbocycles. The summed E-state index contributed by atoms with van der Waals surface area (Å²) in [4.78, 5) is 103. The topological polar surface area (TPSA) is 275 Å². The number of nitrogens with two attached hydrogens (primary N) is 1. The zero-order valence-electron chi connectivity index (χ0n) is 35.8. The first-order valence-electron chi connectivity index (χ1n) is 21.0. The van der Waals surface area contributed by atoms with E-state index >= 15 is 0 Å². The number of unbranched alkanes of at least 4 members (excludes halogenated alkanes) is 5. The number of nitrogens with one attached hydrogen (secondary N) is 4. The molecular weight excluding hydrogens is 833 g/mol. The lowest BCUT2D eigenvalue weighted by molar-refractivity contribution is -0.139. The molecule has 2 heterocycles. The Kier molecular flexibility index (Phi) is 20.1. The average Bonchev–Trinajstić information content (AvgIpc) is 3.89. The molecule has 1 fully saturated rings. The van der Waals surface area contributed by atoms with E-state index in [2.05, 4.69) is 33.1 Å². The van der Waals surface area contributed by atoms with Crippen molar-refractivity contribution in [2.45, 2.75) is 141 Å². The molecule has 1 saturated heterocycles. The van der Waals surface area contributed by atoms with E-state index in [1.165, 1.54) is 23.6 Å². The molecule has 2 aromatic rings. The third-order valence-corrected chi connectivity index (χ3v) is 12.1. The maximum atomic E-state index is 14.6. The number of primary amides is 1. The fourth-order valence-corrected chi connectivity index (χ4v) is 8.07. The molecule has 0 spiro atoms. The van der Waals surface area contributed by atoms with Crippen molar-refractivity contribution in [2.75, 3.05) is 13.2 Å². The van der Waals surface area contributed by atoms with Crippen molar-refractivity contribution in [1.29, 1.82) is 0 Å². The Balaban J connectivity index is 1.79. The van der Waals surface area contributed by atoms with Crippen molar-refractivity contribution in [3.8, 4) is 0 Å². The normalized spacial score (nSPS) is 16.8. The zero-order valence-corrected chi connectivity index (χ0v) is 36.7. The summed E-state index contributed by atoms with van der Waals surface area (Å²) in [6, 6.07) is 2.54. The molecule has 3 rings (SSSR count). The van der Waals surface area contributed by atoms with Crippen molar-refractivity contribution in [1.82, 2.24) is 35.7 Å². The van der Waals surface area contributed by atoms with Crippen molar-refractivity contribution in [2.24, 2.45) is 17.6 Å². The Labute approximate surface area is 360 Å². The molecule has 6 atom stereocenters. The number of carbonyl (C=O) groups excluding carboxylic acids is 6.